The monoisotopic (exact) mass is 380 g/mol. The number of hydrogen-bond donors (Lipinski definition) is 2. The Bertz CT molecular complexity index is 1010. The Balaban J connectivity index is 1.83. The second kappa shape index (κ2) is 6.22. The van der Waals surface area contributed by atoms with Crippen molar-refractivity contribution in [3.8, 4) is 0 Å². The highest BCUT2D eigenvalue weighted by molar-refractivity contribution is 7.91. The molecule has 2 aromatic rings. The van der Waals surface area contributed by atoms with Crippen molar-refractivity contribution in [3.05, 3.63) is 33.9 Å². The van der Waals surface area contributed by atoms with E-state index in [4.69, 9.17) is 0 Å². The second-order valence-corrected chi connectivity index (χ2v) is 10.2. The summed E-state index contributed by atoms with van der Waals surface area (Å²) in [5.41, 5.74) is 1.40. The van der Waals surface area contributed by atoms with Crippen LogP contribution in [0.4, 0.5) is 0 Å². The van der Waals surface area contributed by atoms with E-state index in [-0.39, 0.29) is 28.4 Å². The van der Waals surface area contributed by atoms with E-state index in [1.165, 1.54) is 10.6 Å². The summed E-state index contributed by atoms with van der Waals surface area (Å²) >= 11 is 0. The lowest BCUT2D eigenvalue weighted by Crippen LogP contribution is -2.34. The summed E-state index contributed by atoms with van der Waals surface area (Å²) in [4.78, 5) is 29.2. The first-order valence-electron chi connectivity index (χ1n) is 8.60. The number of amides is 1. The smallest absolute Gasteiger partial charge is 0.272 e. The van der Waals surface area contributed by atoms with E-state index in [0.29, 0.717) is 17.8 Å². The molecule has 26 heavy (non-hydrogen) atoms. The molecule has 0 spiro atoms. The fourth-order valence-electron chi connectivity index (χ4n) is 3.02. The highest BCUT2D eigenvalue weighted by atomic mass is 32.2. The topological polar surface area (TPSA) is 113 Å². The van der Waals surface area contributed by atoms with Crippen LogP contribution in [0.2, 0.25) is 0 Å². The van der Waals surface area contributed by atoms with Crippen LogP contribution in [0.3, 0.4) is 0 Å². The van der Waals surface area contributed by atoms with Gasteiger partial charge in [0.2, 0.25) is 5.91 Å². The molecule has 0 unspecified atom stereocenters. The number of hydrogen-bond acceptors (Lipinski definition) is 5. The number of carbonyl (C=O) groups excluding carboxylic acids is 1. The second-order valence-electron chi connectivity index (χ2n) is 7.96. The van der Waals surface area contributed by atoms with Crippen molar-refractivity contribution in [2.24, 2.45) is 5.92 Å². The summed E-state index contributed by atoms with van der Waals surface area (Å²) in [5, 5.41) is 5.83. The van der Waals surface area contributed by atoms with Crippen LogP contribution in [0.15, 0.2) is 16.9 Å². The van der Waals surface area contributed by atoms with Gasteiger partial charge in [-0.3, -0.25) is 14.7 Å². The maximum Gasteiger partial charge on any atom is 0.272 e. The van der Waals surface area contributed by atoms with Gasteiger partial charge in [-0.2, -0.15) is 0 Å². The third kappa shape index (κ3) is 3.67. The standard InChI is InChI=1S/C17H24N4O4S/c1-10(18-16(23)11-5-6-26(24,25)9-11)12-7-15(22)21-14(19-12)8-13(20-21)17(2,3)4/h7-8,10-11,20H,5-6,9H2,1-4H3,(H,18,23)/t10-,11-/m1/s1. The third-order valence-corrected chi connectivity index (χ3v) is 6.45. The number of aromatic amines is 1. The first-order valence-corrected chi connectivity index (χ1v) is 10.4. The Labute approximate surface area is 151 Å². The fourth-order valence-corrected chi connectivity index (χ4v) is 4.76. The van der Waals surface area contributed by atoms with Gasteiger partial charge < -0.3 is 5.32 Å². The van der Waals surface area contributed by atoms with Crippen LogP contribution < -0.4 is 10.9 Å². The van der Waals surface area contributed by atoms with Crippen molar-refractivity contribution >= 4 is 21.4 Å². The molecule has 0 radical (unpaired) electrons. The quantitative estimate of drug-likeness (QED) is 0.822. The lowest BCUT2D eigenvalue weighted by atomic mass is 9.93. The molecule has 1 aliphatic heterocycles. The Kier molecular flexibility index (Phi) is 4.46. The molecule has 1 fully saturated rings. The number of rotatable bonds is 3. The van der Waals surface area contributed by atoms with E-state index < -0.39 is 21.8 Å². The van der Waals surface area contributed by atoms with Gasteiger partial charge in [0.15, 0.2) is 15.5 Å². The van der Waals surface area contributed by atoms with Crippen LogP contribution in [0, 0.1) is 5.92 Å². The van der Waals surface area contributed by atoms with Crippen molar-refractivity contribution in [1.29, 1.82) is 0 Å². The molecule has 9 heteroatoms. The summed E-state index contributed by atoms with van der Waals surface area (Å²) in [6, 6.07) is 2.71. The lowest BCUT2D eigenvalue weighted by molar-refractivity contribution is -0.124. The van der Waals surface area contributed by atoms with Crippen LogP contribution in [0.5, 0.6) is 0 Å². The van der Waals surface area contributed by atoms with E-state index in [0.717, 1.165) is 5.69 Å². The maximum absolute atomic E-state index is 12.4. The first kappa shape index (κ1) is 18.6. The van der Waals surface area contributed by atoms with E-state index >= 15 is 0 Å². The molecule has 0 aromatic carbocycles. The SMILES string of the molecule is C[C@@H](NC(=O)[C@@H]1CCS(=O)(=O)C1)c1cc(=O)n2[nH]c(C(C)(C)C)cc2n1. The van der Waals surface area contributed by atoms with E-state index in [9.17, 15) is 18.0 Å². The highest BCUT2D eigenvalue weighted by Gasteiger charge is 2.33. The largest absolute Gasteiger partial charge is 0.348 e. The molecule has 1 saturated heterocycles. The number of carbonyl (C=O) groups is 1. The van der Waals surface area contributed by atoms with Crippen molar-refractivity contribution in [2.45, 2.75) is 45.6 Å². The minimum absolute atomic E-state index is 0.0456. The molecule has 3 rings (SSSR count). The zero-order chi connectivity index (χ0) is 19.3. The number of nitrogens with zero attached hydrogens (tertiary/aromatic N) is 2. The number of H-pyrrole nitrogens is 1. The van der Waals surface area contributed by atoms with Crippen molar-refractivity contribution in [2.75, 3.05) is 11.5 Å². The number of fused-ring (bicyclic) bond motifs is 1. The number of nitrogens with one attached hydrogen (secondary N) is 2. The van der Waals surface area contributed by atoms with Crippen LogP contribution in [-0.2, 0) is 20.0 Å². The van der Waals surface area contributed by atoms with Crippen molar-refractivity contribution in [1.82, 2.24) is 19.9 Å². The Morgan fingerprint density at radius 3 is 2.65 bits per heavy atom. The predicted molar refractivity (Wildman–Crippen MR) is 97.8 cm³/mol. The number of sulfone groups is 1. The maximum atomic E-state index is 12.4. The Hall–Kier alpha value is -2.16. The van der Waals surface area contributed by atoms with Crippen molar-refractivity contribution in [3.63, 3.8) is 0 Å². The average Bonchev–Trinajstić information content (AvgIpc) is 3.10. The molecule has 1 amide bonds. The Morgan fingerprint density at radius 1 is 1.38 bits per heavy atom. The van der Waals surface area contributed by atoms with E-state index in [1.807, 2.05) is 26.8 Å². The summed E-state index contributed by atoms with van der Waals surface area (Å²) in [5.74, 6) is -0.922. The lowest BCUT2D eigenvalue weighted by Gasteiger charge is -2.16. The van der Waals surface area contributed by atoms with Gasteiger partial charge >= 0.3 is 0 Å². The van der Waals surface area contributed by atoms with E-state index in [1.54, 1.807) is 6.92 Å². The van der Waals surface area contributed by atoms with Gasteiger partial charge in [-0.05, 0) is 13.3 Å². The van der Waals surface area contributed by atoms with Gasteiger partial charge in [0.05, 0.1) is 29.2 Å². The minimum atomic E-state index is -3.12. The zero-order valence-electron chi connectivity index (χ0n) is 15.4. The zero-order valence-corrected chi connectivity index (χ0v) is 16.2. The summed E-state index contributed by atoms with van der Waals surface area (Å²) in [6.45, 7) is 7.82. The van der Waals surface area contributed by atoms with Crippen LogP contribution in [0.25, 0.3) is 5.65 Å². The molecule has 142 valence electrons. The molecular formula is C17H24N4O4S. The summed E-state index contributed by atoms with van der Waals surface area (Å²) in [6.07, 6.45) is 0.336. The molecule has 0 saturated carbocycles. The van der Waals surface area contributed by atoms with Crippen LogP contribution in [-0.4, -0.2) is 40.4 Å². The van der Waals surface area contributed by atoms with Gasteiger partial charge in [0.1, 0.15) is 0 Å². The van der Waals surface area contributed by atoms with Gasteiger partial charge in [-0.15, -0.1) is 0 Å². The average molecular weight is 380 g/mol. The molecule has 2 aromatic heterocycles. The molecule has 0 aliphatic carbocycles. The fraction of sp³-hybridized carbons (Fsp3) is 0.588. The van der Waals surface area contributed by atoms with Crippen molar-refractivity contribution < 1.29 is 13.2 Å². The molecular weight excluding hydrogens is 356 g/mol. The van der Waals surface area contributed by atoms with Gasteiger partial charge in [-0.25, -0.2) is 17.9 Å². The Morgan fingerprint density at radius 2 is 2.08 bits per heavy atom. The van der Waals surface area contributed by atoms with E-state index in [2.05, 4.69) is 15.4 Å². The molecule has 2 N–H and O–H groups in total. The highest BCUT2D eigenvalue weighted by Crippen LogP contribution is 2.22. The van der Waals surface area contributed by atoms with Crippen LogP contribution >= 0.6 is 0 Å². The first-order chi connectivity index (χ1) is 12.0. The molecule has 8 nitrogen and oxygen atoms in total. The summed E-state index contributed by atoms with van der Waals surface area (Å²) < 4.78 is 24.4. The molecule has 0 bridgehead atoms. The molecule has 1 aliphatic rings. The predicted octanol–water partition coefficient (Wildman–Crippen LogP) is 0.932. The third-order valence-electron chi connectivity index (χ3n) is 4.68. The molecule has 2 atom stereocenters. The van der Waals surface area contributed by atoms with Crippen LogP contribution in [0.1, 0.15) is 51.5 Å². The van der Waals surface area contributed by atoms with Gasteiger partial charge in [0, 0.05) is 23.2 Å². The normalized spacial score (nSPS) is 21.0. The minimum Gasteiger partial charge on any atom is -0.348 e. The van der Waals surface area contributed by atoms with Gasteiger partial charge in [-0.1, -0.05) is 20.8 Å². The molecule has 3 heterocycles. The van der Waals surface area contributed by atoms with Gasteiger partial charge in [0.25, 0.3) is 5.56 Å². The number of aromatic nitrogens is 3. The summed E-state index contributed by atoms with van der Waals surface area (Å²) in [7, 11) is -3.12.